The molecule has 1 aromatic rings. The Labute approximate surface area is 148 Å². The number of hydrogen-bond donors (Lipinski definition) is 2. The van der Waals surface area contributed by atoms with Crippen LogP contribution in [0.1, 0.15) is 19.4 Å². The van der Waals surface area contributed by atoms with Crippen LogP contribution < -0.4 is 10.6 Å². The molecule has 0 saturated carbocycles. The Morgan fingerprint density at radius 2 is 2.05 bits per heavy atom. The molecule has 120 valence electrons. The van der Waals surface area contributed by atoms with Crippen molar-refractivity contribution in [2.45, 2.75) is 20.4 Å². The van der Waals surface area contributed by atoms with Crippen molar-refractivity contribution < 1.29 is 4.79 Å². The fourth-order valence-electron chi connectivity index (χ4n) is 1.68. The summed E-state index contributed by atoms with van der Waals surface area (Å²) >= 11 is 1.69. The largest absolute Gasteiger partial charge is 0.354 e. The van der Waals surface area contributed by atoms with Gasteiger partial charge in [-0.2, -0.15) is 11.3 Å². The number of nitrogens with zero attached hydrogens (tertiary/aromatic N) is 2. The van der Waals surface area contributed by atoms with E-state index in [9.17, 15) is 4.79 Å². The second-order valence-corrected chi connectivity index (χ2v) is 5.69. The number of amides is 1. The van der Waals surface area contributed by atoms with Gasteiger partial charge >= 0.3 is 0 Å². The molecule has 0 aromatic carbocycles. The lowest BCUT2D eigenvalue weighted by atomic mass is 10.2. The Kier molecular flexibility index (Phi) is 10.4. The molecule has 1 aromatic heterocycles. The van der Waals surface area contributed by atoms with Crippen LogP contribution in [-0.2, 0) is 11.3 Å². The van der Waals surface area contributed by atoms with E-state index in [1.807, 2.05) is 20.9 Å². The third-order valence-electron chi connectivity index (χ3n) is 2.80. The van der Waals surface area contributed by atoms with E-state index in [4.69, 9.17) is 0 Å². The van der Waals surface area contributed by atoms with E-state index in [1.165, 1.54) is 5.56 Å². The van der Waals surface area contributed by atoms with Crippen molar-refractivity contribution in [1.82, 2.24) is 15.5 Å². The first kappa shape index (κ1) is 20.2. The topological polar surface area (TPSA) is 56.7 Å². The van der Waals surface area contributed by atoms with Crippen LogP contribution in [0, 0.1) is 5.92 Å². The standard InChI is InChI=1S/C14H24N4OS.HI/c1-11(2)13(19)16-6-7-17-14(15-3)18(4)9-12-5-8-20-10-12;/h5,8,10-11H,6-7,9H2,1-4H3,(H,15,17)(H,16,19);1H. The fraction of sp³-hybridized carbons (Fsp3) is 0.571. The maximum Gasteiger partial charge on any atom is 0.222 e. The van der Waals surface area contributed by atoms with Crippen LogP contribution in [0.15, 0.2) is 21.8 Å². The Bertz CT molecular complexity index is 434. The Morgan fingerprint density at radius 3 is 2.57 bits per heavy atom. The van der Waals surface area contributed by atoms with Crippen molar-refractivity contribution in [2.24, 2.45) is 10.9 Å². The van der Waals surface area contributed by atoms with Crippen molar-refractivity contribution in [1.29, 1.82) is 0 Å². The predicted molar refractivity (Wildman–Crippen MR) is 100 cm³/mol. The minimum absolute atomic E-state index is 0. The lowest BCUT2D eigenvalue weighted by molar-refractivity contribution is -0.123. The van der Waals surface area contributed by atoms with E-state index in [-0.39, 0.29) is 35.8 Å². The lowest BCUT2D eigenvalue weighted by Gasteiger charge is -2.21. The summed E-state index contributed by atoms with van der Waals surface area (Å²) in [6, 6.07) is 2.11. The van der Waals surface area contributed by atoms with Crippen molar-refractivity contribution in [3.63, 3.8) is 0 Å². The summed E-state index contributed by atoms with van der Waals surface area (Å²) in [7, 11) is 3.76. The zero-order valence-corrected chi connectivity index (χ0v) is 16.2. The van der Waals surface area contributed by atoms with E-state index in [2.05, 4.69) is 37.4 Å². The van der Waals surface area contributed by atoms with Gasteiger partial charge in [-0.15, -0.1) is 24.0 Å². The van der Waals surface area contributed by atoms with Crippen molar-refractivity contribution in [3.8, 4) is 0 Å². The van der Waals surface area contributed by atoms with E-state index in [1.54, 1.807) is 18.4 Å². The molecule has 21 heavy (non-hydrogen) atoms. The normalized spacial score (nSPS) is 11.0. The van der Waals surface area contributed by atoms with Crippen LogP contribution in [0.25, 0.3) is 0 Å². The molecular formula is C14H25IN4OS. The first-order valence-electron chi connectivity index (χ1n) is 6.75. The maximum absolute atomic E-state index is 11.4. The molecular weight excluding hydrogens is 399 g/mol. The second kappa shape index (κ2) is 10.8. The highest BCUT2D eigenvalue weighted by Crippen LogP contribution is 2.08. The summed E-state index contributed by atoms with van der Waals surface area (Å²) < 4.78 is 0. The molecule has 0 spiro atoms. The first-order valence-corrected chi connectivity index (χ1v) is 7.69. The number of guanidine groups is 1. The molecule has 0 unspecified atom stereocenters. The van der Waals surface area contributed by atoms with Crippen LogP contribution in [0.5, 0.6) is 0 Å². The van der Waals surface area contributed by atoms with Gasteiger partial charge in [0.05, 0.1) is 0 Å². The van der Waals surface area contributed by atoms with Gasteiger partial charge in [0.2, 0.25) is 5.91 Å². The number of aliphatic imine (C=N–C) groups is 1. The third-order valence-corrected chi connectivity index (χ3v) is 3.54. The summed E-state index contributed by atoms with van der Waals surface area (Å²) in [5.74, 6) is 0.930. The highest BCUT2D eigenvalue weighted by atomic mass is 127. The van der Waals surface area contributed by atoms with Gasteiger partial charge in [0.15, 0.2) is 5.96 Å². The van der Waals surface area contributed by atoms with Crippen LogP contribution in [0.2, 0.25) is 0 Å². The number of rotatable bonds is 6. The highest BCUT2D eigenvalue weighted by molar-refractivity contribution is 14.0. The minimum Gasteiger partial charge on any atom is -0.354 e. The quantitative estimate of drug-likeness (QED) is 0.319. The summed E-state index contributed by atoms with van der Waals surface area (Å²) in [4.78, 5) is 17.7. The first-order chi connectivity index (χ1) is 9.54. The molecule has 0 radical (unpaired) electrons. The smallest absolute Gasteiger partial charge is 0.222 e. The third kappa shape index (κ3) is 7.66. The van der Waals surface area contributed by atoms with Crippen LogP contribution in [-0.4, -0.2) is 44.0 Å². The maximum atomic E-state index is 11.4. The zero-order chi connectivity index (χ0) is 15.0. The molecule has 5 nitrogen and oxygen atoms in total. The van der Waals surface area contributed by atoms with E-state index < -0.39 is 0 Å². The van der Waals surface area contributed by atoms with Gasteiger partial charge in [0.1, 0.15) is 0 Å². The summed E-state index contributed by atoms with van der Waals surface area (Å²) in [6.45, 7) is 5.86. The number of carbonyl (C=O) groups excluding carboxylic acids is 1. The molecule has 0 bridgehead atoms. The van der Waals surface area contributed by atoms with E-state index in [0.29, 0.717) is 13.1 Å². The number of nitrogens with one attached hydrogen (secondary N) is 2. The molecule has 7 heteroatoms. The molecule has 0 fully saturated rings. The molecule has 0 saturated heterocycles. The van der Waals surface area contributed by atoms with Crippen molar-refractivity contribution in [3.05, 3.63) is 22.4 Å². The van der Waals surface area contributed by atoms with Gasteiger partial charge in [0, 0.05) is 39.6 Å². The van der Waals surface area contributed by atoms with Crippen LogP contribution >= 0.6 is 35.3 Å². The van der Waals surface area contributed by atoms with Crippen molar-refractivity contribution in [2.75, 3.05) is 27.2 Å². The molecule has 1 rings (SSSR count). The molecule has 0 atom stereocenters. The molecule has 2 N–H and O–H groups in total. The van der Waals surface area contributed by atoms with E-state index in [0.717, 1.165) is 12.5 Å². The summed E-state index contributed by atoms with van der Waals surface area (Å²) in [5.41, 5.74) is 1.27. The number of thiophene rings is 1. The average molecular weight is 424 g/mol. The molecule has 0 aliphatic heterocycles. The summed E-state index contributed by atoms with van der Waals surface area (Å²) in [5, 5.41) is 10.3. The van der Waals surface area contributed by atoms with Crippen molar-refractivity contribution >= 4 is 47.2 Å². The number of halogens is 1. The minimum atomic E-state index is 0. The fourth-order valence-corrected chi connectivity index (χ4v) is 2.34. The molecule has 1 heterocycles. The molecule has 0 aliphatic carbocycles. The number of carbonyl (C=O) groups is 1. The van der Waals surface area contributed by atoms with Crippen LogP contribution in [0.3, 0.4) is 0 Å². The van der Waals surface area contributed by atoms with Gasteiger partial charge in [-0.1, -0.05) is 13.8 Å². The van der Waals surface area contributed by atoms with Gasteiger partial charge < -0.3 is 15.5 Å². The Hall–Kier alpha value is -0.830. The van der Waals surface area contributed by atoms with Gasteiger partial charge in [-0.05, 0) is 22.4 Å². The lowest BCUT2D eigenvalue weighted by Crippen LogP contribution is -2.42. The monoisotopic (exact) mass is 424 g/mol. The number of hydrogen-bond acceptors (Lipinski definition) is 3. The predicted octanol–water partition coefficient (Wildman–Crippen LogP) is 2.15. The summed E-state index contributed by atoms with van der Waals surface area (Å²) in [6.07, 6.45) is 0. The SMILES string of the molecule is CN=C(NCCNC(=O)C(C)C)N(C)Cc1ccsc1.I. The Morgan fingerprint density at radius 1 is 1.38 bits per heavy atom. The average Bonchev–Trinajstić information content (AvgIpc) is 2.91. The second-order valence-electron chi connectivity index (χ2n) is 4.91. The van der Waals surface area contributed by atoms with Gasteiger partial charge in [-0.3, -0.25) is 9.79 Å². The zero-order valence-electron chi connectivity index (χ0n) is 13.0. The highest BCUT2D eigenvalue weighted by Gasteiger charge is 2.08. The molecule has 0 aliphatic rings. The van der Waals surface area contributed by atoms with E-state index >= 15 is 0 Å². The Balaban J connectivity index is 0.00000400. The van der Waals surface area contributed by atoms with Gasteiger partial charge in [-0.25, -0.2) is 0 Å². The van der Waals surface area contributed by atoms with Crippen LogP contribution in [0.4, 0.5) is 0 Å². The van der Waals surface area contributed by atoms with Gasteiger partial charge in [0.25, 0.3) is 0 Å². The molecule has 1 amide bonds.